The van der Waals surface area contributed by atoms with Crippen LogP contribution in [0.1, 0.15) is 70.0 Å². The van der Waals surface area contributed by atoms with Gasteiger partial charge >= 0.3 is 0 Å². The zero-order valence-electron chi connectivity index (χ0n) is 17.9. The lowest BCUT2D eigenvalue weighted by molar-refractivity contribution is 0.0703. The molecular weight excluding hydrogens is 392 g/mol. The normalized spacial score (nSPS) is 18.0. The van der Waals surface area contributed by atoms with Crippen LogP contribution in [-0.2, 0) is 0 Å². The summed E-state index contributed by atoms with van der Waals surface area (Å²) in [5.41, 5.74) is 4.24. The van der Waals surface area contributed by atoms with Crippen molar-refractivity contribution in [2.24, 2.45) is 0 Å². The van der Waals surface area contributed by atoms with E-state index in [1.807, 2.05) is 22.9 Å². The number of hydrogen-bond acceptors (Lipinski definition) is 4. The number of pyridine rings is 1. The highest BCUT2D eigenvalue weighted by molar-refractivity contribution is 6.00. The van der Waals surface area contributed by atoms with E-state index >= 15 is 0 Å². The van der Waals surface area contributed by atoms with Crippen LogP contribution in [0, 0.1) is 6.92 Å². The topological polar surface area (TPSA) is 86.6 Å². The van der Waals surface area contributed by atoms with E-state index in [9.17, 15) is 9.59 Å². The minimum Gasteiger partial charge on any atom is -0.339 e. The quantitative estimate of drug-likeness (QED) is 0.706. The molecule has 0 aromatic carbocycles. The van der Waals surface area contributed by atoms with Crippen molar-refractivity contribution in [3.05, 3.63) is 53.1 Å². The summed E-state index contributed by atoms with van der Waals surface area (Å²) in [5, 5.41) is 11.2. The molecule has 2 aliphatic rings. The van der Waals surface area contributed by atoms with Gasteiger partial charge in [-0.3, -0.25) is 14.7 Å². The largest absolute Gasteiger partial charge is 0.339 e. The SMILES string of the molecule is Cc1cn[nH]c1C(=O)N1CCC(c2ccn3ncc(C(=O)N4CCCCC4)c3c2)CC1. The predicted octanol–water partition coefficient (Wildman–Crippen LogP) is 3.01. The molecule has 5 rings (SSSR count). The van der Waals surface area contributed by atoms with Crippen LogP contribution >= 0.6 is 0 Å². The first-order valence-corrected chi connectivity index (χ1v) is 11.2. The number of nitrogens with zero attached hydrogens (tertiary/aromatic N) is 5. The maximum Gasteiger partial charge on any atom is 0.272 e. The molecule has 2 fully saturated rings. The van der Waals surface area contributed by atoms with Crippen LogP contribution in [0.5, 0.6) is 0 Å². The van der Waals surface area contributed by atoms with Crippen molar-refractivity contribution in [3.63, 3.8) is 0 Å². The third-order valence-corrected chi connectivity index (χ3v) is 6.72. The first-order chi connectivity index (χ1) is 15.1. The van der Waals surface area contributed by atoms with E-state index in [1.165, 1.54) is 12.0 Å². The van der Waals surface area contributed by atoms with Gasteiger partial charge in [0.1, 0.15) is 5.69 Å². The Bertz CT molecular complexity index is 1100. The monoisotopic (exact) mass is 420 g/mol. The lowest BCUT2D eigenvalue weighted by Gasteiger charge is -2.32. The summed E-state index contributed by atoms with van der Waals surface area (Å²) in [5.74, 6) is 0.473. The second-order valence-electron chi connectivity index (χ2n) is 8.70. The van der Waals surface area contributed by atoms with Crippen molar-refractivity contribution in [2.75, 3.05) is 26.2 Å². The molecule has 1 N–H and O–H groups in total. The average molecular weight is 421 g/mol. The lowest BCUT2D eigenvalue weighted by atomic mass is 9.89. The van der Waals surface area contributed by atoms with Gasteiger partial charge in [0.25, 0.3) is 11.8 Å². The maximum atomic E-state index is 13.0. The number of aromatic nitrogens is 4. The second kappa shape index (κ2) is 8.17. The van der Waals surface area contributed by atoms with E-state index in [0.29, 0.717) is 30.3 Å². The molecular formula is C23H28N6O2. The van der Waals surface area contributed by atoms with Crippen LogP contribution in [0.2, 0.25) is 0 Å². The van der Waals surface area contributed by atoms with Crippen LogP contribution in [0.4, 0.5) is 0 Å². The van der Waals surface area contributed by atoms with Crippen molar-refractivity contribution >= 4 is 17.3 Å². The molecule has 0 radical (unpaired) electrons. The van der Waals surface area contributed by atoms with Gasteiger partial charge in [0.15, 0.2) is 0 Å². The molecule has 2 aliphatic heterocycles. The summed E-state index contributed by atoms with van der Waals surface area (Å²) < 4.78 is 1.79. The molecule has 8 nitrogen and oxygen atoms in total. The van der Waals surface area contributed by atoms with Crippen molar-refractivity contribution in [3.8, 4) is 0 Å². The first-order valence-electron chi connectivity index (χ1n) is 11.2. The first kappa shape index (κ1) is 19.8. The summed E-state index contributed by atoms with van der Waals surface area (Å²) >= 11 is 0. The summed E-state index contributed by atoms with van der Waals surface area (Å²) in [7, 11) is 0. The molecule has 0 bridgehead atoms. The minimum atomic E-state index is 0.0223. The Kier molecular flexibility index (Phi) is 5.21. The molecule has 0 unspecified atom stereocenters. The van der Waals surface area contributed by atoms with E-state index in [1.54, 1.807) is 16.9 Å². The number of nitrogens with one attached hydrogen (secondary N) is 1. The Morgan fingerprint density at radius 3 is 2.45 bits per heavy atom. The molecule has 2 amide bonds. The number of carbonyl (C=O) groups excluding carboxylic acids is 2. The number of fused-ring (bicyclic) bond motifs is 1. The van der Waals surface area contributed by atoms with E-state index in [0.717, 1.165) is 49.9 Å². The average Bonchev–Trinajstić information content (AvgIpc) is 3.44. The molecule has 0 atom stereocenters. The van der Waals surface area contributed by atoms with Crippen molar-refractivity contribution in [1.29, 1.82) is 0 Å². The standard InChI is InChI=1S/C23H28N6O2/c1-16-14-24-26-21(16)23(31)28-10-5-17(6-11-28)18-7-12-29-20(13-18)19(15-25-29)22(30)27-8-3-2-4-9-27/h7,12-15,17H,2-6,8-11H2,1H3,(H,24,26). The fourth-order valence-corrected chi connectivity index (χ4v) is 4.82. The van der Waals surface area contributed by atoms with Gasteiger partial charge in [-0.1, -0.05) is 0 Å². The summed E-state index contributed by atoms with van der Waals surface area (Å²) in [6, 6.07) is 4.21. The molecule has 5 heterocycles. The summed E-state index contributed by atoms with van der Waals surface area (Å²) in [6.45, 7) is 4.99. The third kappa shape index (κ3) is 3.71. The van der Waals surface area contributed by atoms with Crippen LogP contribution in [-0.4, -0.2) is 67.6 Å². The lowest BCUT2D eigenvalue weighted by Crippen LogP contribution is -2.38. The number of aromatic amines is 1. The molecule has 3 aromatic heterocycles. The molecule has 2 saturated heterocycles. The number of aryl methyl sites for hydroxylation is 1. The predicted molar refractivity (Wildman–Crippen MR) is 116 cm³/mol. The Balaban J connectivity index is 1.31. The molecule has 31 heavy (non-hydrogen) atoms. The van der Waals surface area contributed by atoms with Crippen molar-refractivity contribution in [1.82, 2.24) is 29.6 Å². The molecule has 0 spiro atoms. The van der Waals surface area contributed by atoms with Crippen LogP contribution in [0.3, 0.4) is 0 Å². The van der Waals surface area contributed by atoms with Gasteiger partial charge in [-0.25, -0.2) is 4.52 Å². The zero-order chi connectivity index (χ0) is 21.4. The third-order valence-electron chi connectivity index (χ3n) is 6.72. The van der Waals surface area contributed by atoms with Gasteiger partial charge in [-0.15, -0.1) is 0 Å². The maximum absolute atomic E-state index is 13.0. The van der Waals surface area contributed by atoms with Gasteiger partial charge < -0.3 is 9.80 Å². The van der Waals surface area contributed by atoms with E-state index < -0.39 is 0 Å². The highest BCUT2D eigenvalue weighted by Crippen LogP contribution is 2.30. The van der Waals surface area contributed by atoms with Crippen LogP contribution in [0.15, 0.2) is 30.7 Å². The summed E-state index contributed by atoms with van der Waals surface area (Å²) in [6.07, 6.45) is 10.5. The zero-order valence-corrected chi connectivity index (χ0v) is 17.9. The molecule has 8 heteroatoms. The number of piperidine rings is 2. The Hall–Kier alpha value is -3.16. The number of amides is 2. The highest BCUT2D eigenvalue weighted by atomic mass is 16.2. The van der Waals surface area contributed by atoms with Crippen molar-refractivity contribution < 1.29 is 9.59 Å². The Morgan fingerprint density at radius 1 is 1.00 bits per heavy atom. The fourth-order valence-electron chi connectivity index (χ4n) is 4.82. The fraction of sp³-hybridized carbons (Fsp3) is 0.478. The number of hydrogen-bond donors (Lipinski definition) is 1. The molecule has 0 saturated carbocycles. The Morgan fingerprint density at radius 2 is 1.74 bits per heavy atom. The molecule has 3 aromatic rings. The molecule has 162 valence electrons. The smallest absolute Gasteiger partial charge is 0.272 e. The van der Waals surface area contributed by atoms with Gasteiger partial charge in [-0.05, 0) is 68.2 Å². The van der Waals surface area contributed by atoms with Gasteiger partial charge in [0.05, 0.1) is 23.5 Å². The van der Waals surface area contributed by atoms with Crippen LogP contribution < -0.4 is 0 Å². The highest BCUT2D eigenvalue weighted by Gasteiger charge is 2.27. The van der Waals surface area contributed by atoms with Gasteiger partial charge in [-0.2, -0.15) is 10.2 Å². The van der Waals surface area contributed by atoms with Crippen LogP contribution in [0.25, 0.3) is 5.52 Å². The number of carbonyl (C=O) groups is 2. The second-order valence-corrected chi connectivity index (χ2v) is 8.70. The van der Waals surface area contributed by atoms with E-state index in [4.69, 9.17) is 0 Å². The number of rotatable bonds is 3. The number of H-pyrrole nitrogens is 1. The molecule has 0 aliphatic carbocycles. The summed E-state index contributed by atoms with van der Waals surface area (Å²) in [4.78, 5) is 29.6. The number of likely N-dealkylation sites (tertiary alicyclic amines) is 2. The minimum absolute atomic E-state index is 0.0223. The Labute approximate surface area is 181 Å². The van der Waals surface area contributed by atoms with Gasteiger partial charge in [0, 0.05) is 32.4 Å². The van der Waals surface area contributed by atoms with Gasteiger partial charge in [0.2, 0.25) is 0 Å². The van der Waals surface area contributed by atoms with E-state index in [2.05, 4.69) is 27.4 Å². The van der Waals surface area contributed by atoms with E-state index in [-0.39, 0.29) is 11.8 Å². The van der Waals surface area contributed by atoms with Crippen molar-refractivity contribution in [2.45, 2.75) is 44.9 Å².